The van der Waals surface area contributed by atoms with Crippen LogP contribution in [-0.2, 0) is 11.3 Å². The summed E-state index contributed by atoms with van der Waals surface area (Å²) in [6.45, 7) is 6.71. The SMILES string of the molecule is CCC(C)Oc1ccccc1CN1CCC(C(=O)O)CC1. The van der Waals surface area contributed by atoms with Crippen LogP contribution in [0.15, 0.2) is 24.3 Å². The maximum absolute atomic E-state index is 11.0. The molecule has 1 aliphatic rings. The van der Waals surface area contributed by atoms with Crippen LogP contribution in [0.2, 0.25) is 0 Å². The first kappa shape index (κ1) is 15.8. The lowest BCUT2D eigenvalue weighted by molar-refractivity contribution is -0.143. The van der Waals surface area contributed by atoms with Gasteiger partial charge in [-0.2, -0.15) is 0 Å². The summed E-state index contributed by atoms with van der Waals surface area (Å²) in [6, 6.07) is 8.15. The Morgan fingerprint density at radius 1 is 1.38 bits per heavy atom. The predicted molar refractivity (Wildman–Crippen MR) is 82.5 cm³/mol. The number of likely N-dealkylation sites (tertiary alicyclic amines) is 1. The Morgan fingerprint density at radius 2 is 2.05 bits per heavy atom. The van der Waals surface area contributed by atoms with Crippen molar-refractivity contribution >= 4 is 5.97 Å². The molecule has 1 unspecified atom stereocenters. The van der Waals surface area contributed by atoms with Gasteiger partial charge >= 0.3 is 5.97 Å². The number of carboxylic acids is 1. The van der Waals surface area contributed by atoms with Crippen molar-refractivity contribution < 1.29 is 14.6 Å². The van der Waals surface area contributed by atoms with Gasteiger partial charge in [-0.15, -0.1) is 0 Å². The van der Waals surface area contributed by atoms with Crippen LogP contribution in [-0.4, -0.2) is 35.2 Å². The molecule has 0 radical (unpaired) electrons. The molecule has 4 heteroatoms. The van der Waals surface area contributed by atoms with Crippen LogP contribution in [0, 0.1) is 5.92 Å². The number of hydrogen-bond donors (Lipinski definition) is 1. The van der Waals surface area contributed by atoms with Crippen LogP contribution in [0.1, 0.15) is 38.7 Å². The van der Waals surface area contributed by atoms with E-state index in [1.54, 1.807) is 0 Å². The summed E-state index contributed by atoms with van der Waals surface area (Å²) in [6.07, 6.45) is 2.68. The molecule has 1 aromatic carbocycles. The normalized spacial score (nSPS) is 18.4. The van der Waals surface area contributed by atoms with Crippen LogP contribution in [0.25, 0.3) is 0 Å². The molecule has 0 aliphatic carbocycles. The zero-order chi connectivity index (χ0) is 15.2. The predicted octanol–water partition coefficient (Wildman–Crippen LogP) is 3.16. The second kappa shape index (κ2) is 7.46. The van der Waals surface area contributed by atoms with Gasteiger partial charge in [0.05, 0.1) is 12.0 Å². The standard InChI is InChI=1S/C17H25NO3/c1-3-13(2)21-16-7-5-4-6-15(16)12-18-10-8-14(9-11-18)17(19)20/h4-7,13-14H,3,8-12H2,1-2H3,(H,19,20). The summed E-state index contributed by atoms with van der Waals surface area (Å²) < 4.78 is 5.97. The molecule has 0 aromatic heterocycles. The highest BCUT2D eigenvalue weighted by atomic mass is 16.5. The average Bonchev–Trinajstić information content (AvgIpc) is 2.49. The van der Waals surface area contributed by atoms with Crippen LogP contribution >= 0.6 is 0 Å². The molecule has 21 heavy (non-hydrogen) atoms. The summed E-state index contributed by atoms with van der Waals surface area (Å²) in [5, 5.41) is 9.05. The van der Waals surface area contributed by atoms with Gasteiger partial charge in [0, 0.05) is 12.1 Å². The number of ether oxygens (including phenoxy) is 1. The Bertz CT molecular complexity index is 467. The summed E-state index contributed by atoms with van der Waals surface area (Å²) in [4.78, 5) is 13.3. The molecule has 1 aromatic rings. The van der Waals surface area contributed by atoms with Crippen LogP contribution < -0.4 is 4.74 Å². The van der Waals surface area contributed by atoms with E-state index < -0.39 is 5.97 Å². The monoisotopic (exact) mass is 291 g/mol. The van der Waals surface area contributed by atoms with Crippen LogP contribution in [0.3, 0.4) is 0 Å². The van der Waals surface area contributed by atoms with E-state index in [-0.39, 0.29) is 12.0 Å². The number of hydrogen-bond acceptors (Lipinski definition) is 3. The summed E-state index contributed by atoms with van der Waals surface area (Å²) in [5.41, 5.74) is 1.19. The van der Waals surface area contributed by atoms with Gasteiger partial charge in [-0.3, -0.25) is 9.69 Å². The van der Waals surface area contributed by atoms with Crippen molar-refractivity contribution in [3.8, 4) is 5.75 Å². The molecule has 1 heterocycles. The van der Waals surface area contributed by atoms with Crippen LogP contribution in [0.5, 0.6) is 5.75 Å². The zero-order valence-corrected chi connectivity index (χ0v) is 12.9. The molecule has 1 aliphatic heterocycles. The van der Waals surface area contributed by atoms with E-state index in [0.717, 1.165) is 44.6 Å². The highest BCUT2D eigenvalue weighted by molar-refractivity contribution is 5.70. The summed E-state index contributed by atoms with van der Waals surface area (Å²) in [7, 11) is 0. The van der Waals surface area contributed by atoms with E-state index in [2.05, 4.69) is 24.8 Å². The van der Waals surface area contributed by atoms with Crippen molar-refractivity contribution in [1.82, 2.24) is 4.90 Å². The molecule has 4 nitrogen and oxygen atoms in total. The largest absolute Gasteiger partial charge is 0.490 e. The molecule has 0 spiro atoms. The minimum atomic E-state index is -0.657. The Hall–Kier alpha value is -1.55. The number of nitrogens with zero attached hydrogens (tertiary/aromatic N) is 1. The number of carboxylic acid groups (broad SMARTS) is 1. The minimum absolute atomic E-state index is 0.173. The summed E-state index contributed by atoms with van der Waals surface area (Å²) in [5.74, 6) is 0.121. The Balaban J connectivity index is 1.96. The molecule has 0 bridgehead atoms. The third-order valence-corrected chi connectivity index (χ3v) is 4.21. The van der Waals surface area contributed by atoms with Crippen LogP contribution in [0.4, 0.5) is 0 Å². The average molecular weight is 291 g/mol. The number of aliphatic carboxylic acids is 1. The molecule has 1 N–H and O–H groups in total. The van der Waals surface area contributed by atoms with Crippen molar-refractivity contribution in [3.63, 3.8) is 0 Å². The van der Waals surface area contributed by atoms with Crippen molar-refractivity contribution in [2.45, 2.75) is 45.8 Å². The molecule has 1 saturated heterocycles. The minimum Gasteiger partial charge on any atom is -0.490 e. The molecule has 0 saturated carbocycles. The molecule has 2 rings (SSSR count). The maximum atomic E-state index is 11.0. The second-order valence-corrected chi connectivity index (χ2v) is 5.83. The van der Waals surface area contributed by atoms with Crippen molar-refractivity contribution in [3.05, 3.63) is 29.8 Å². The molecular formula is C17H25NO3. The first-order valence-corrected chi connectivity index (χ1v) is 7.80. The second-order valence-electron chi connectivity index (χ2n) is 5.83. The Labute approximate surface area is 126 Å². The highest BCUT2D eigenvalue weighted by Gasteiger charge is 2.24. The first-order valence-electron chi connectivity index (χ1n) is 7.80. The zero-order valence-electron chi connectivity index (χ0n) is 12.9. The smallest absolute Gasteiger partial charge is 0.306 e. The van der Waals surface area contributed by atoms with E-state index in [9.17, 15) is 4.79 Å². The van der Waals surface area contributed by atoms with E-state index in [1.807, 2.05) is 18.2 Å². The van der Waals surface area contributed by atoms with Gasteiger partial charge in [0.25, 0.3) is 0 Å². The van der Waals surface area contributed by atoms with E-state index in [4.69, 9.17) is 9.84 Å². The Morgan fingerprint density at radius 3 is 2.67 bits per heavy atom. The fourth-order valence-electron chi connectivity index (χ4n) is 2.63. The van der Waals surface area contributed by atoms with E-state index in [1.165, 1.54) is 5.56 Å². The third-order valence-electron chi connectivity index (χ3n) is 4.21. The van der Waals surface area contributed by atoms with Gasteiger partial charge in [-0.1, -0.05) is 25.1 Å². The lowest BCUT2D eigenvalue weighted by atomic mass is 9.97. The molecule has 1 fully saturated rings. The van der Waals surface area contributed by atoms with Gasteiger partial charge < -0.3 is 9.84 Å². The highest BCUT2D eigenvalue weighted by Crippen LogP contribution is 2.24. The molecule has 1 atom stereocenters. The summed E-state index contributed by atoms with van der Waals surface area (Å²) >= 11 is 0. The number of rotatable bonds is 6. The molecular weight excluding hydrogens is 266 g/mol. The maximum Gasteiger partial charge on any atom is 0.306 e. The first-order chi connectivity index (χ1) is 10.1. The number of carbonyl (C=O) groups is 1. The molecule has 0 amide bonds. The number of para-hydroxylation sites is 1. The van der Waals surface area contributed by atoms with Crippen molar-refractivity contribution in [2.24, 2.45) is 5.92 Å². The van der Waals surface area contributed by atoms with Gasteiger partial charge in [0.2, 0.25) is 0 Å². The van der Waals surface area contributed by atoms with Gasteiger partial charge in [0.1, 0.15) is 5.75 Å². The fraction of sp³-hybridized carbons (Fsp3) is 0.588. The Kier molecular flexibility index (Phi) is 5.62. The van der Waals surface area contributed by atoms with E-state index in [0.29, 0.717) is 0 Å². The van der Waals surface area contributed by atoms with Gasteiger partial charge in [-0.25, -0.2) is 0 Å². The lowest BCUT2D eigenvalue weighted by Gasteiger charge is -2.30. The van der Waals surface area contributed by atoms with Crippen molar-refractivity contribution in [2.75, 3.05) is 13.1 Å². The fourth-order valence-corrected chi connectivity index (χ4v) is 2.63. The number of benzene rings is 1. The lowest BCUT2D eigenvalue weighted by Crippen LogP contribution is -2.35. The number of piperidine rings is 1. The van der Waals surface area contributed by atoms with Gasteiger partial charge in [-0.05, 0) is 45.3 Å². The topological polar surface area (TPSA) is 49.8 Å². The third kappa shape index (κ3) is 4.46. The van der Waals surface area contributed by atoms with Gasteiger partial charge in [0.15, 0.2) is 0 Å². The molecule has 116 valence electrons. The van der Waals surface area contributed by atoms with Crippen molar-refractivity contribution in [1.29, 1.82) is 0 Å². The van der Waals surface area contributed by atoms with E-state index >= 15 is 0 Å². The quantitative estimate of drug-likeness (QED) is 0.874.